The summed E-state index contributed by atoms with van der Waals surface area (Å²) in [5.74, 6) is 0.0169. The summed E-state index contributed by atoms with van der Waals surface area (Å²) in [6, 6.07) is 4.31. The van der Waals surface area contributed by atoms with Gasteiger partial charge in [0, 0.05) is 18.8 Å². The molecular formula is C14H15ClFN5O. The number of rotatable bonds is 3. The third-order valence-corrected chi connectivity index (χ3v) is 3.52. The first-order valence-corrected chi connectivity index (χ1v) is 7.18. The van der Waals surface area contributed by atoms with E-state index in [0.29, 0.717) is 37.8 Å². The molecule has 8 heteroatoms. The summed E-state index contributed by atoms with van der Waals surface area (Å²) >= 11 is 5.87. The molecule has 0 radical (unpaired) electrons. The van der Waals surface area contributed by atoms with Crippen LogP contribution >= 0.6 is 11.6 Å². The Kier molecular flexibility index (Phi) is 4.26. The smallest absolute Gasteiger partial charge is 0.224 e. The number of halogens is 2. The third-order valence-electron chi connectivity index (χ3n) is 3.34. The normalized spacial score (nSPS) is 14.9. The molecule has 1 aromatic heterocycles. The van der Waals surface area contributed by atoms with Crippen molar-refractivity contribution in [3.05, 3.63) is 35.5 Å². The van der Waals surface area contributed by atoms with Crippen molar-refractivity contribution in [3.63, 3.8) is 0 Å². The second-order valence-electron chi connectivity index (χ2n) is 4.84. The number of aromatic nitrogens is 2. The standard InChI is InChI=1S/C14H15ClFN5O/c15-14-18-8-12(21-3-5-22-6-4-21)13(20-14)19-11-7-9(17)1-2-10(11)16/h1-2,7-8H,3-6,17H2,(H,18,19,20). The van der Waals surface area contributed by atoms with Crippen LogP contribution in [0.1, 0.15) is 0 Å². The van der Waals surface area contributed by atoms with E-state index in [2.05, 4.69) is 20.2 Å². The minimum absolute atomic E-state index is 0.0869. The second-order valence-corrected chi connectivity index (χ2v) is 5.17. The fourth-order valence-electron chi connectivity index (χ4n) is 2.25. The van der Waals surface area contributed by atoms with Crippen molar-refractivity contribution in [1.82, 2.24) is 9.97 Å². The average Bonchev–Trinajstić information content (AvgIpc) is 2.52. The Morgan fingerprint density at radius 1 is 1.32 bits per heavy atom. The van der Waals surface area contributed by atoms with E-state index in [1.807, 2.05) is 0 Å². The lowest BCUT2D eigenvalue weighted by Gasteiger charge is -2.29. The number of ether oxygens (including phenoxy) is 1. The molecule has 0 unspecified atom stereocenters. The predicted molar refractivity (Wildman–Crippen MR) is 84.2 cm³/mol. The number of morpholine rings is 1. The lowest BCUT2D eigenvalue weighted by Crippen LogP contribution is -2.36. The Labute approximate surface area is 132 Å². The Morgan fingerprint density at radius 2 is 2.09 bits per heavy atom. The molecule has 0 atom stereocenters. The van der Waals surface area contributed by atoms with Crippen molar-refractivity contribution >= 4 is 34.5 Å². The molecule has 0 amide bonds. The minimum atomic E-state index is -0.420. The van der Waals surface area contributed by atoms with Crippen LogP contribution in [-0.2, 0) is 4.74 Å². The van der Waals surface area contributed by atoms with Crippen LogP contribution < -0.4 is 16.0 Å². The summed E-state index contributed by atoms with van der Waals surface area (Å²) in [6.07, 6.45) is 1.62. The maximum atomic E-state index is 13.9. The van der Waals surface area contributed by atoms with Crippen LogP contribution in [0, 0.1) is 5.82 Å². The molecule has 1 fully saturated rings. The maximum Gasteiger partial charge on any atom is 0.224 e. The van der Waals surface area contributed by atoms with Gasteiger partial charge in [-0.3, -0.25) is 0 Å². The van der Waals surface area contributed by atoms with E-state index in [0.717, 1.165) is 5.69 Å². The van der Waals surface area contributed by atoms with Gasteiger partial charge in [0.1, 0.15) is 5.82 Å². The van der Waals surface area contributed by atoms with Crippen LogP contribution in [-0.4, -0.2) is 36.3 Å². The highest BCUT2D eigenvalue weighted by molar-refractivity contribution is 6.28. The van der Waals surface area contributed by atoms with Crippen molar-refractivity contribution in [2.24, 2.45) is 0 Å². The van der Waals surface area contributed by atoms with Gasteiger partial charge in [-0.25, -0.2) is 9.37 Å². The summed E-state index contributed by atoms with van der Waals surface area (Å²) in [5, 5.41) is 3.03. The molecule has 116 valence electrons. The predicted octanol–water partition coefficient (Wildman–Crippen LogP) is 2.43. The van der Waals surface area contributed by atoms with Gasteiger partial charge in [-0.05, 0) is 29.8 Å². The zero-order valence-electron chi connectivity index (χ0n) is 11.7. The zero-order valence-corrected chi connectivity index (χ0v) is 12.5. The van der Waals surface area contributed by atoms with Crippen LogP contribution in [0.25, 0.3) is 0 Å². The second kappa shape index (κ2) is 6.33. The number of hydrogen-bond acceptors (Lipinski definition) is 6. The summed E-state index contributed by atoms with van der Waals surface area (Å²) in [6.45, 7) is 2.65. The van der Waals surface area contributed by atoms with Crippen molar-refractivity contribution in [1.29, 1.82) is 0 Å². The van der Waals surface area contributed by atoms with Gasteiger partial charge in [-0.15, -0.1) is 0 Å². The fraction of sp³-hybridized carbons (Fsp3) is 0.286. The topological polar surface area (TPSA) is 76.3 Å². The Bertz CT molecular complexity index is 678. The summed E-state index contributed by atoms with van der Waals surface area (Å²) in [7, 11) is 0. The first-order chi connectivity index (χ1) is 10.6. The number of hydrogen-bond donors (Lipinski definition) is 2. The summed E-state index contributed by atoms with van der Waals surface area (Å²) < 4.78 is 19.2. The molecule has 2 aromatic rings. The van der Waals surface area contributed by atoms with E-state index in [9.17, 15) is 4.39 Å². The van der Waals surface area contributed by atoms with Gasteiger partial charge < -0.3 is 20.7 Å². The number of nitrogens with one attached hydrogen (secondary N) is 1. The van der Waals surface area contributed by atoms with Crippen LogP contribution in [0.5, 0.6) is 0 Å². The van der Waals surface area contributed by atoms with Crippen molar-refractivity contribution in [3.8, 4) is 0 Å². The van der Waals surface area contributed by atoms with Gasteiger partial charge in [0.05, 0.1) is 30.8 Å². The van der Waals surface area contributed by atoms with Gasteiger partial charge in [0.15, 0.2) is 5.82 Å². The molecule has 22 heavy (non-hydrogen) atoms. The lowest BCUT2D eigenvalue weighted by molar-refractivity contribution is 0.122. The average molecular weight is 324 g/mol. The van der Waals surface area contributed by atoms with E-state index < -0.39 is 5.82 Å². The highest BCUT2D eigenvalue weighted by atomic mass is 35.5. The SMILES string of the molecule is Nc1ccc(F)c(Nc2nc(Cl)ncc2N2CCOCC2)c1. The quantitative estimate of drug-likeness (QED) is 0.667. The lowest BCUT2D eigenvalue weighted by atomic mass is 10.2. The maximum absolute atomic E-state index is 13.9. The molecule has 2 heterocycles. The molecule has 0 bridgehead atoms. The number of benzene rings is 1. The molecular weight excluding hydrogens is 309 g/mol. The Balaban J connectivity index is 1.94. The van der Waals surface area contributed by atoms with Crippen molar-refractivity contribution in [2.75, 3.05) is 42.3 Å². The van der Waals surface area contributed by atoms with Crippen LogP contribution in [0.15, 0.2) is 24.4 Å². The molecule has 3 rings (SSSR count). The highest BCUT2D eigenvalue weighted by Crippen LogP contribution is 2.29. The molecule has 3 N–H and O–H groups in total. The van der Waals surface area contributed by atoms with E-state index in [4.69, 9.17) is 22.1 Å². The molecule has 1 saturated heterocycles. The minimum Gasteiger partial charge on any atom is -0.399 e. The Morgan fingerprint density at radius 3 is 2.86 bits per heavy atom. The molecule has 0 spiro atoms. The van der Waals surface area contributed by atoms with Crippen LogP contribution in [0.3, 0.4) is 0 Å². The fourth-order valence-corrected chi connectivity index (χ4v) is 2.38. The van der Waals surface area contributed by atoms with Gasteiger partial charge in [-0.1, -0.05) is 0 Å². The van der Waals surface area contributed by atoms with E-state index in [-0.39, 0.29) is 11.0 Å². The van der Waals surface area contributed by atoms with Gasteiger partial charge in [0.25, 0.3) is 0 Å². The summed E-state index contributed by atoms with van der Waals surface area (Å²) in [5.41, 5.74) is 7.14. The molecule has 0 saturated carbocycles. The number of anilines is 4. The zero-order chi connectivity index (χ0) is 15.5. The first kappa shape index (κ1) is 14.8. The number of nitrogens with zero attached hydrogens (tertiary/aromatic N) is 3. The third kappa shape index (κ3) is 3.20. The van der Waals surface area contributed by atoms with Gasteiger partial charge in [0.2, 0.25) is 5.28 Å². The number of nitrogens with two attached hydrogens (primary N) is 1. The molecule has 1 aliphatic rings. The Hall–Kier alpha value is -2.12. The van der Waals surface area contributed by atoms with E-state index >= 15 is 0 Å². The number of nitrogen functional groups attached to an aromatic ring is 1. The molecule has 1 aliphatic heterocycles. The highest BCUT2D eigenvalue weighted by Gasteiger charge is 2.18. The van der Waals surface area contributed by atoms with E-state index in [1.54, 1.807) is 6.20 Å². The molecule has 6 nitrogen and oxygen atoms in total. The van der Waals surface area contributed by atoms with Gasteiger partial charge >= 0.3 is 0 Å². The summed E-state index contributed by atoms with van der Waals surface area (Å²) in [4.78, 5) is 10.2. The van der Waals surface area contributed by atoms with E-state index in [1.165, 1.54) is 18.2 Å². The monoisotopic (exact) mass is 323 g/mol. The molecule has 0 aliphatic carbocycles. The van der Waals surface area contributed by atoms with Gasteiger partial charge in [-0.2, -0.15) is 4.98 Å². The first-order valence-electron chi connectivity index (χ1n) is 6.81. The van der Waals surface area contributed by atoms with Crippen LogP contribution in [0.2, 0.25) is 5.28 Å². The van der Waals surface area contributed by atoms with Crippen molar-refractivity contribution < 1.29 is 9.13 Å². The largest absolute Gasteiger partial charge is 0.399 e. The molecule has 1 aromatic carbocycles. The van der Waals surface area contributed by atoms with Crippen molar-refractivity contribution in [2.45, 2.75) is 0 Å². The van der Waals surface area contributed by atoms with Crippen LogP contribution in [0.4, 0.5) is 27.3 Å².